The zero-order valence-corrected chi connectivity index (χ0v) is 14.5. The number of aliphatic carboxylic acids is 1. The van der Waals surface area contributed by atoms with Crippen molar-refractivity contribution in [1.82, 2.24) is 9.80 Å². The SMILES string of the molecule is CC(Cc1ccc2c(c1)OCO2)N(C)C(=O)CN(C)C(=O)CC(=O)O. The molecule has 0 spiro atoms. The maximum absolute atomic E-state index is 12.3. The van der Waals surface area contributed by atoms with Gasteiger partial charge in [-0.3, -0.25) is 14.4 Å². The highest BCUT2D eigenvalue weighted by atomic mass is 16.7. The Hall–Kier alpha value is -2.77. The van der Waals surface area contributed by atoms with Gasteiger partial charge in [-0.25, -0.2) is 0 Å². The van der Waals surface area contributed by atoms with Crippen LogP contribution in [0.4, 0.5) is 0 Å². The van der Waals surface area contributed by atoms with Crippen molar-refractivity contribution in [1.29, 1.82) is 0 Å². The molecule has 0 saturated heterocycles. The monoisotopic (exact) mass is 350 g/mol. The summed E-state index contributed by atoms with van der Waals surface area (Å²) in [7, 11) is 3.08. The fourth-order valence-electron chi connectivity index (χ4n) is 2.46. The highest BCUT2D eigenvalue weighted by Crippen LogP contribution is 2.32. The number of fused-ring (bicyclic) bond motifs is 1. The first-order chi connectivity index (χ1) is 11.8. The molecule has 136 valence electrons. The van der Waals surface area contributed by atoms with Gasteiger partial charge in [0, 0.05) is 20.1 Å². The quantitative estimate of drug-likeness (QED) is 0.729. The molecule has 1 aliphatic heterocycles. The zero-order chi connectivity index (χ0) is 18.6. The zero-order valence-electron chi connectivity index (χ0n) is 14.5. The van der Waals surface area contributed by atoms with Crippen LogP contribution in [0.5, 0.6) is 11.5 Å². The number of hydrogen-bond acceptors (Lipinski definition) is 5. The first-order valence-corrected chi connectivity index (χ1v) is 7.88. The Balaban J connectivity index is 1.90. The van der Waals surface area contributed by atoms with E-state index in [1.54, 1.807) is 11.9 Å². The molecule has 1 unspecified atom stereocenters. The largest absolute Gasteiger partial charge is 0.481 e. The molecule has 8 heteroatoms. The molecule has 1 heterocycles. The molecular weight excluding hydrogens is 328 g/mol. The molecule has 1 aliphatic rings. The van der Waals surface area contributed by atoms with Gasteiger partial charge in [-0.1, -0.05) is 6.07 Å². The van der Waals surface area contributed by atoms with Gasteiger partial charge in [-0.05, 0) is 31.0 Å². The van der Waals surface area contributed by atoms with Crippen LogP contribution in [0.3, 0.4) is 0 Å². The number of carboxylic acid groups (broad SMARTS) is 1. The summed E-state index contributed by atoms with van der Waals surface area (Å²) in [6.45, 7) is 1.96. The second-order valence-electron chi connectivity index (χ2n) is 6.07. The highest BCUT2D eigenvalue weighted by molar-refractivity contribution is 5.95. The van der Waals surface area contributed by atoms with Crippen molar-refractivity contribution in [2.45, 2.75) is 25.8 Å². The average molecular weight is 350 g/mol. The lowest BCUT2D eigenvalue weighted by Gasteiger charge is -2.27. The van der Waals surface area contributed by atoms with Crippen LogP contribution in [0, 0.1) is 0 Å². The summed E-state index contributed by atoms with van der Waals surface area (Å²) in [5.41, 5.74) is 1.01. The Kier molecular flexibility index (Phi) is 5.84. The van der Waals surface area contributed by atoms with Gasteiger partial charge in [0.1, 0.15) is 6.42 Å². The molecule has 0 saturated carbocycles. The van der Waals surface area contributed by atoms with Gasteiger partial charge in [-0.2, -0.15) is 0 Å². The minimum Gasteiger partial charge on any atom is -0.481 e. The number of carbonyl (C=O) groups is 3. The molecule has 1 atom stereocenters. The van der Waals surface area contributed by atoms with Crippen molar-refractivity contribution in [3.8, 4) is 11.5 Å². The molecule has 0 aromatic heterocycles. The van der Waals surface area contributed by atoms with Crippen molar-refractivity contribution in [2.75, 3.05) is 27.4 Å². The minimum absolute atomic E-state index is 0.101. The maximum atomic E-state index is 12.3. The molecule has 1 aromatic carbocycles. The molecule has 1 N–H and O–H groups in total. The normalized spacial score (nSPS) is 13.2. The van der Waals surface area contributed by atoms with E-state index in [0.29, 0.717) is 17.9 Å². The fourth-order valence-corrected chi connectivity index (χ4v) is 2.46. The van der Waals surface area contributed by atoms with E-state index in [9.17, 15) is 14.4 Å². The molecular formula is C17H22N2O6. The summed E-state index contributed by atoms with van der Waals surface area (Å²) < 4.78 is 10.6. The molecule has 1 aromatic rings. The van der Waals surface area contributed by atoms with Crippen molar-refractivity contribution in [3.63, 3.8) is 0 Å². The number of ether oxygens (including phenoxy) is 2. The van der Waals surface area contributed by atoms with Gasteiger partial charge < -0.3 is 24.4 Å². The minimum atomic E-state index is -1.21. The van der Waals surface area contributed by atoms with Crippen LogP contribution < -0.4 is 9.47 Å². The molecule has 0 aliphatic carbocycles. The van der Waals surface area contributed by atoms with E-state index in [-0.39, 0.29) is 25.3 Å². The smallest absolute Gasteiger partial charge is 0.312 e. The van der Waals surface area contributed by atoms with Crippen LogP contribution in [0.25, 0.3) is 0 Å². The van der Waals surface area contributed by atoms with Crippen LogP contribution in [-0.2, 0) is 20.8 Å². The Morgan fingerprint density at radius 2 is 1.84 bits per heavy atom. The summed E-state index contributed by atoms with van der Waals surface area (Å²) in [5.74, 6) is -0.668. The van der Waals surface area contributed by atoms with E-state index in [2.05, 4.69) is 0 Å². The Bertz CT molecular complexity index is 675. The molecule has 2 amide bonds. The second-order valence-corrected chi connectivity index (χ2v) is 6.07. The summed E-state index contributed by atoms with van der Waals surface area (Å²) in [6, 6.07) is 5.55. The number of carbonyl (C=O) groups excluding carboxylic acids is 2. The molecule has 25 heavy (non-hydrogen) atoms. The standard InChI is InChI=1S/C17H22N2O6/c1-11(6-12-4-5-13-14(7-12)25-10-24-13)19(3)16(21)9-18(2)15(20)8-17(22)23/h4-5,7,11H,6,8-10H2,1-3H3,(H,22,23). The first kappa shape index (κ1) is 18.6. The average Bonchev–Trinajstić information content (AvgIpc) is 3.00. The predicted octanol–water partition coefficient (Wildman–Crippen LogP) is 0.738. The summed E-state index contributed by atoms with van der Waals surface area (Å²) >= 11 is 0. The van der Waals surface area contributed by atoms with E-state index in [1.165, 1.54) is 7.05 Å². The number of hydrogen-bond donors (Lipinski definition) is 1. The lowest BCUT2D eigenvalue weighted by Crippen LogP contribution is -2.44. The Morgan fingerprint density at radius 1 is 1.16 bits per heavy atom. The van der Waals surface area contributed by atoms with E-state index in [0.717, 1.165) is 10.5 Å². The number of rotatable bonds is 7. The number of benzene rings is 1. The molecule has 8 nitrogen and oxygen atoms in total. The van der Waals surface area contributed by atoms with Gasteiger partial charge in [0.2, 0.25) is 18.6 Å². The van der Waals surface area contributed by atoms with Gasteiger partial charge in [0.15, 0.2) is 11.5 Å². The van der Waals surface area contributed by atoms with Gasteiger partial charge >= 0.3 is 5.97 Å². The van der Waals surface area contributed by atoms with Gasteiger partial charge in [0.25, 0.3) is 0 Å². The predicted molar refractivity (Wildman–Crippen MR) is 88.4 cm³/mol. The van der Waals surface area contributed by atoms with E-state index in [1.807, 2.05) is 25.1 Å². The lowest BCUT2D eigenvalue weighted by atomic mass is 10.1. The van der Waals surface area contributed by atoms with E-state index < -0.39 is 18.3 Å². The van der Waals surface area contributed by atoms with Crippen molar-refractivity contribution >= 4 is 17.8 Å². The summed E-state index contributed by atoms with van der Waals surface area (Å²) in [4.78, 5) is 37.2. The second kappa shape index (κ2) is 7.87. The number of likely N-dealkylation sites (N-methyl/N-ethyl adjacent to an activating group) is 2. The number of nitrogens with zero attached hydrogens (tertiary/aromatic N) is 2. The summed E-state index contributed by atoms with van der Waals surface area (Å²) in [6.07, 6.45) is -0.00802. The summed E-state index contributed by atoms with van der Waals surface area (Å²) in [5, 5.41) is 8.63. The first-order valence-electron chi connectivity index (χ1n) is 7.88. The van der Waals surface area contributed by atoms with E-state index in [4.69, 9.17) is 14.6 Å². The number of carboxylic acids is 1. The lowest BCUT2D eigenvalue weighted by molar-refractivity contribution is -0.146. The van der Waals surface area contributed by atoms with E-state index >= 15 is 0 Å². The third-order valence-electron chi connectivity index (χ3n) is 4.12. The third kappa shape index (κ3) is 4.85. The highest BCUT2D eigenvalue weighted by Gasteiger charge is 2.22. The van der Waals surface area contributed by atoms with Crippen LogP contribution in [0.15, 0.2) is 18.2 Å². The van der Waals surface area contributed by atoms with Crippen LogP contribution in [0.2, 0.25) is 0 Å². The van der Waals surface area contributed by atoms with Crippen LogP contribution in [0.1, 0.15) is 18.9 Å². The molecule has 0 fully saturated rings. The molecule has 0 radical (unpaired) electrons. The topological polar surface area (TPSA) is 96.4 Å². The molecule has 0 bridgehead atoms. The Morgan fingerprint density at radius 3 is 2.52 bits per heavy atom. The van der Waals surface area contributed by atoms with Gasteiger partial charge in [0.05, 0.1) is 6.54 Å². The van der Waals surface area contributed by atoms with Crippen molar-refractivity contribution in [3.05, 3.63) is 23.8 Å². The van der Waals surface area contributed by atoms with Gasteiger partial charge in [-0.15, -0.1) is 0 Å². The Labute approximate surface area is 145 Å². The third-order valence-corrected chi connectivity index (χ3v) is 4.12. The van der Waals surface area contributed by atoms with Crippen LogP contribution in [-0.4, -0.2) is 66.2 Å². The fraction of sp³-hybridized carbons (Fsp3) is 0.471. The number of amides is 2. The maximum Gasteiger partial charge on any atom is 0.312 e. The molecule has 2 rings (SSSR count). The van der Waals surface area contributed by atoms with Crippen molar-refractivity contribution in [2.24, 2.45) is 0 Å². The van der Waals surface area contributed by atoms with Crippen LogP contribution >= 0.6 is 0 Å². The van der Waals surface area contributed by atoms with Crippen molar-refractivity contribution < 1.29 is 29.0 Å².